The molecule has 0 amide bonds. The van der Waals surface area contributed by atoms with Crippen LogP contribution in [0.3, 0.4) is 0 Å². The highest BCUT2D eigenvalue weighted by Gasteiger charge is 2.30. The van der Waals surface area contributed by atoms with E-state index in [1.165, 1.54) is 39.9 Å². The predicted molar refractivity (Wildman–Crippen MR) is 385 cm³/mol. The van der Waals surface area contributed by atoms with E-state index < -0.39 is 11.6 Å². The molecule has 6 aromatic carbocycles. The topological polar surface area (TPSA) is 226 Å². The van der Waals surface area contributed by atoms with Gasteiger partial charge in [0.1, 0.15) is 17.6 Å². The molecule has 20 rings (SSSR count). The Morgan fingerprint density at radius 1 is 0.458 bits per heavy atom. The van der Waals surface area contributed by atoms with Crippen LogP contribution in [0.15, 0.2) is 219 Å². The quantitative estimate of drug-likeness (QED) is 0.102. The molecule has 0 aliphatic carbocycles. The summed E-state index contributed by atoms with van der Waals surface area (Å²) in [4.78, 5) is 36.1. The van der Waals surface area contributed by atoms with Gasteiger partial charge >= 0.3 is 0 Å². The summed E-state index contributed by atoms with van der Waals surface area (Å²) in [6.07, 6.45) is 23.3. The Kier molecular flexibility index (Phi) is 21.6. The minimum Gasteiger partial charge on any atom is -0.495 e. The summed E-state index contributed by atoms with van der Waals surface area (Å²) < 4.78 is 110. The van der Waals surface area contributed by atoms with E-state index in [1.807, 2.05) is 84.6 Å². The fourth-order valence-corrected chi connectivity index (χ4v) is 14.9. The molecule has 107 heavy (non-hydrogen) atoms. The normalized spacial score (nSPS) is 18.7. The molecule has 0 saturated carbocycles. The van der Waals surface area contributed by atoms with Gasteiger partial charge in [0.25, 0.3) is 0 Å². The van der Waals surface area contributed by atoms with Gasteiger partial charge in [-0.1, -0.05) is 78.9 Å². The van der Waals surface area contributed by atoms with Gasteiger partial charge in [-0.25, -0.2) is 47.5 Å². The zero-order chi connectivity index (χ0) is 73.3. The number of carbonyl (C=O) groups excluding carboxylic acids is 1. The number of hydrogen-bond donors (Lipinski definition) is 0. The van der Waals surface area contributed by atoms with E-state index in [2.05, 4.69) is 88.5 Å². The molecule has 6 unspecified atom stereocenters. The smallest absolute Gasteiger partial charge is 0.169 e. The number of ketones is 1. The second-order valence-electron chi connectivity index (χ2n) is 25.9. The average molecular weight is 1470 g/mol. The first-order chi connectivity index (χ1) is 52.5. The van der Waals surface area contributed by atoms with Crippen molar-refractivity contribution in [2.45, 2.75) is 82.8 Å². The van der Waals surface area contributed by atoms with Gasteiger partial charge in [0.05, 0.1) is 244 Å². The molecule has 0 spiro atoms. The summed E-state index contributed by atoms with van der Waals surface area (Å²) in [5.41, 5.74) is 14.1. The van der Waals surface area contributed by atoms with Gasteiger partial charge in [0, 0.05) is 21.2 Å². The fraction of sp³-hybridized carbons (Fsp3) is 0.250. The number of imidazole rings is 6. The predicted octanol–water partition coefficient (Wildman–Crippen LogP) is 14.6. The van der Waals surface area contributed by atoms with E-state index in [4.69, 9.17) is 42.8 Å². The molecule has 6 aliphatic heterocycles. The van der Waals surface area contributed by atoms with E-state index in [1.54, 1.807) is 99.5 Å². The fourth-order valence-electron chi connectivity index (χ4n) is 13.9. The van der Waals surface area contributed by atoms with Gasteiger partial charge in [0.2, 0.25) is 0 Å². The monoisotopic (exact) mass is 1470 g/mol. The van der Waals surface area contributed by atoms with Crippen LogP contribution < -0.4 is 4.74 Å². The third-order valence-electron chi connectivity index (χ3n) is 19.5. The highest BCUT2D eigenvalue weighted by atomic mass is 32.1. The molecule has 22 nitrogen and oxygen atoms in total. The number of thiophene rings is 1. The molecule has 14 heterocycles. The summed E-state index contributed by atoms with van der Waals surface area (Å²) in [5.74, 6) is -1.55. The minimum absolute atomic E-state index is 0.0192. The summed E-state index contributed by atoms with van der Waals surface area (Å²) in [5, 5.41) is 13.4. The number of Topliss-reactive ketones (excluding diaryl/α,β-unsaturated/α-hetero) is 1. The van der Waals surface area contributed by atoms with Crippen molar-refractivity contribution in [1.29, 1.82) is 5.26 Å². The van der Waals surface area contributed by atoms with E-state index in [0.717, 1.165) is 80.0 Å². The largest absolute Gasteiger partial charge is 0.495 e. The zero-order valence-corrected chi connectivity index (χ0v) is 58.9. The van der Waals surface area contributed by atoms with Crippen molar-refractivity contribution >= 4 is 38.2 Å². The number of benzene rings is 6. The summed E-state index contributed by atoms with van der Waals surface area (Å²) in [7, 11) is 1.57. The Balaban J connectivity index is 0.000000103. The summed E-state index contributed by atoms with van der Waals surface area (Å²) in [6, 6.07) is 39.8. The van der Waals surface area contributed by atoms with Crippen molar-refractivity contribution in [3.05, 3.63) is 316 Å². The first-order valence-electron chi connectivity index (χ1n) is 34.5. The molecule has 6 atom stereocenters. The Morgan fingerprint density at radius 2 is 0.869 bits per heavy atom. The number of aromatic nitrogens is 12. The molecular weight excluding hydrogens is 1400 g/mol. The number of halogens is 4. The highest BCUT2D eigenvalue weighted by molar-refractivity contribution is 7.17. The van der Waals surface area contributed by atoms with Crippen molar-refractivity contribution in [3.8, 4) is 11.8 Å². The molecule has 8 aromatic heterocycles. The Morgan fingerprint density at radius 3 is 1.34 bits per heavy atom. The first-order valence-corrected chi connectivity index (χ1v) is 35.4. The molecule has 0 bridgehead atoms. The van der Waals surface area contributed by atoms with Gasteiger partial charge in [-0.05, 0) is 94.0 Å². The van der Waals surface area contributed by atoms with Gasteiger partial charge in [-0.15, -0.1) is 11.3 Å². The third-order valence-corrected chi connectivity index (χ3v) is 20.5. The molecular formula is C80H71F4N13O9S. The second-order valence-corrected chi connectivity index (χ2v) is 26.8. The van der Waals surface area contributed by atoms with E-state index in [9.17, 15) is 22.4 Å². The van der Waals surface area contributed by atoms with Crippen molar-refractivity contribution < 1.29 is 59.9 Å². The number of carbonyl (C=O) groups is 1. The SMILES string of the molecule is CC(=O)c1ccc(C2COCc3cncn32)cc1.COc1cc(C2COCc3cncn32)ccc1C#N.Fc1ccc(C2COCc3cncn32)cc1.Fc1ccc(C2COCc3cncn32)cc1F.Fc1cccc2c(C3COCc4cncn43)coc12.c1ccc2c(C3COCc4cncn43)csc2c1. The maximum atomic E-state index is 13.7. The van der Waals surface area contributed by atoms with Gasteiger partial charge < -0.3 is 65.0 Å². The number of nitrogens with zero attached hydrogens (tertiary/aromatic N) is 13. The lowest BCUT2D eigenvalue weighted by atomic mass is 10.0. The number of nitriles is 1. The van der Waals surface area contributed by atoms with Gasteiger partial charge in [-0.3, -0.25) is 4.79 Å². The standard InChI is InChI=1S/C14H11FN2O2.C14H13N3O2.C14H14N2O2.C14H12N2OS.C12H10F2N2O.C12H11FN2O/c15-12-3-1-2-10-11(6-19-14(10)12)13-7-18-5-9-4-16-8-17(9)13;1-18-14-4-10(2-3-11(14)5-15)13-8-19-7-12-6-16-9-17(12)13;1-10(17)11-2-4-12(5-3-11)14-8-18-7-13-6-15-9-16(13)14;1-2-4-14-11(3-1)12(8-18-14)13-7-17-6-10-5-15-9-16(10)13;13-10-2-1-8(3-11(10)14)12-6-17-5-9-4-15-7-16(9)12;13-10-3-1-9(2-4-10)12-7-16-6-11-5-14-8-15(11)12/h1-4,6,8,13H,5,7H2;2-4,6,9,13H,7-8H2,1H3;2-6,9,14H,7-8H2,1H3;1-5,8-9,13H,6-7H2;1-4,7,12H,5-6H2;1-5,8,12H,6-7H2. The van der Waals surface area contributed by atoms with Crippen LogP contribution in [0.25, 0.3) is 21.1 Å². The third kappa shape index (κ3) is 15.4. The van der Waals surface area contributed by atoms with Gasteiger partial charge in [0.15, 0.2) is 28.8 Å². The molecule has 14 aromatic rings. The molecule has 0 N–H and O–H groups in total. The van der Waals surface area contributed by atoms with Crippen LogP contribution in [-0.4, -0.2) is 110 Å². The lowest BCUT2D eigenvalue weighted by Crippen LogP contribution is -2.23. The van der Waals surface area contributed by atoms with Crippen LogP contribution >= 0.6 is 11.3 Å². The van der Waals surface area contributed by atoms with E-state index in [-0.39, 0.29) is 53.7 Å². The number of furan rings is 1. The number of hydrogen-bond acceptors (Lipinski definition) is 17. The van der Waals surface area contributed by atoms with E-state index in [0.29, 0.717) is 95.1 Å². The average Bonchev–Trinajstić information content (AvgIpc) is 1.70. The maximum absolute atomic E-state index is 13.7. The number of ether oxygens (including phenoxy) is 7. The summed E-state index contributed by atoms with van der Waals surface area (Å²) in [6.45, 7) is 8.64. The zero-order valence-electron chi connectivity index (χ0n) is 58.1. The number of methoxy groups -OCH3 is 1. The lowest BCUT2D eigenvalue weighted by Gasteiger charge is -2.26. The maximum Gasteiger partial charge on any atom is 0.169 e. The second kappa shape index (κ2) is 32.5. The van der Waals surface area contributed by atoms with E-state index >= 15 is 0 Å². The highest BCUT2D eigenvalue weighted by Crippen LogP contribution is 2.37. The molecule has 0 saturated heterocycles. The minimum atomic E-state index is -0.838. The molecule has 0 fully saturated rings. The molecule has 6 aliphatic rings. The van der Waals surface area contributed by atoms with Crippen LogP contribution in [-0.2, 0) is 68.1 Å². The van der Waals surface area contributed by atoms with Crippen LogP contribution in [0, 0.1) is 34.6 Å². The summed E-state index contributed by atoms with van der Waals surface area (Å²) >= 11 is 1.80. The van der Waals surface area contributed by atoms with Crippen LogP contribution in [0.4, 0.5) is 17.6 Å². The van der Waals surface area contributed by atoms with Crippen LogP contribution in [0.5, 0.6) is 5.75 Å². The number of para-hydroxylation sites is 1. The Hall–Kier alpha value is -11.5. The van der Waals surface area contributed by atoms with Crippen LogP contribution in [0.1, 0.15) is 127 Å². The Labute approximate surface area is 615 Å². The number of fused-ring (bicyclic) bond motifs is 8. The van der Waals surface area contributed by atoms with Gasteiger partial charge in [-0.2, -0.15) is 5.26 Å². The molecule has 27 heteroatoms. The number of rotatable bonds is 8. The van der Waals surface area contributed by atoms with Crippen molar-refractivity contribution in [3.63, 3.8) is 0 Å². The first kappa shape index (κ1) is 71.1. The van der Waals surface area contributed by atoms with Crippen molar-refractivity contribution in [2.75, 3.05) is 46.8 Å². The lowest BCUT2D eigenvalue weighted by molar-refractivity contribution is 0.0694. The molecule has 544 valence electrons. The van der Waals surface area contributed by atoms with Crippen molar-refractivity contribution in [1.82, 2.24) is 57.3 Å². The Bertz CT molecular complexity index is 5420. The van der Waals surface area contributed by atoms with Crippen molar-refractivity contribution in [2.24, 2.45) is 0 Å². The van der Waals surface area contributed by atoms with Crippen LogP contribution in [0.2, 0.25) is 0 Å². The molecule has 0 radical (unpaired) electrons.